The Labute approximate surface area is 169 Å². The van der Waals surface area contributed by atoms with Crippen LogP contribution in [-0.4, -0.2) is 21.9 Å². The lowest BCUT2D eigenvalue weighted by atomic mass is 10.2. The number of carbonyl (C=O) groups excluding carboxylic acids is 1. The van der Waals surface area contributed by atoms with Crippen LogP contribution in [0.5, 0.6) is 0 Å². The first-order valence-electron chi connectivity index (χ1n) is 7.79. The number of amides is 1. The van der Waals surface area contributed by atoms with E-state index in [9.17, 15) is 4.79 Å². The van der Waals surface area contributed by atoms with Gasteiger partial charge in [0.05, 0.1) is 5.75 Å². The molecule has 0 fully saturated rings. The summed E-state index contributed by atoms with van der Waals surface area (Å²) < 4.78 is 1.70. The van der Waals surface area contributed by atoms with Crippen molar-refractivity contribution in [1.82, 2.24) is 10.2 Å². The van der Waals surface area contributed by atoms with E-state index in [1.807, 2.05) is 31.2 Å². The number of carbonyl (C=O) groups is 1. The van der Waals surface area contributed by atoms with Crippen LogP contribution in [0.25, 0.3) is 0 Å². The standard InChI is InChI=1S/C18H16ClN3OS3/c1-12-7-8-14(19)9-15(12)20-16(23)11-25-18-22-21-17(26-18)24-10-13-5-3-2-4-6-13/h2-9H,10-11H2,1H3,(H,20,23). The van der Waals surface area contributed by atoms with Crippen LogP contribution in [0.3, 0.4) is 0 Å². The smallest absolute Gasteiger partial charge is 0.234 e. The SMILES string of the molecule is Cc1ccc(Cl)cc1NC(=O)CSc1nnc(SCc2ccccc2)s1. The number of hydrogen-bond donors (Lipinski definition) is 1. The zero-order valence-corrected chi connectivity index (χ0v) is 17.1. The van der Waals surface area contributed by atoms with E-state index in [1.165, 1.54) is 28.7 Å². The van der Waals surface area contributed by atoms with E-state index in [1.54, 1.807) is 23.9 Å². The summed E-state index contributed by atoms with van der Waals surface area (Å²) in [6, 6.07) is 15.7. The molecule has 1 amide bonds. The van der Waals surface area contributed by atoms with Crippen LogP contribution in [0.1, 0.15) is 11.1 Å². The van der Waals surface area contributed by atoms with Crippen molar-refractivity contribution in [3.63, 3.8) is 0 Å². The molecule has 0 radical (unpaired) electrons. The van der Waals surface area contributed by atoms with E-state index in [4.69, 9.17) is 11.6 Å². The molecule has 1 heterocycles. The van der Waals surface area contributed by atoms with Gasteiger partial charge in [0.1, 0.15) is 0 Å². The maximum absolute atomic E-state index is 12.1. The number of anilines is 1. The first-order chi connectivity index (χ1) is 12.6. The van der Waals surface area contributed by atoms with Gasteiger partial charge in [0, 0.05) is 16.5 Å². The second-order valence-corrected chi connectivity index (χ2v) is 9.26. The Kier molecular flexibility index (Phi) is 6.96. The Morgan fingerprint density at radius 1 is 1.12 bits per heavy atom. The Morgan fingerprint density at radius 3 is 2.62 bits per heavy atom. The number of thioether (sulfide) groups is 2. The molecular formula is C18H16ClN3OS3. The van der Waals surface area contributed by atoms with Crippen molar-refractivity contribution >= 4 is 58.1 Å². The molecule has 0 bridgehead atoms. The summed E-state index contributed by atoms with van der Waals surface area (Å²) in [6.45, 7) is 1.93. The molecule has 3 aromatic rings. The lowest BCUT2D eigenvalue weighted by molar-refractivity contribution is -0.113. The van der Waals surface area contributed by atoms with Crippen LogP contribution in [0.15, 0.2) is 57.2 Å². The number of nitrogens with zero attached hydrogens (tertiary/aromatic N) is 2. The fraction of sp³-hybridized carbons (Fsp3) is 0.167. The summed E-state index contributed by atoms with van der Waals surface area (Å²) in [7, 11) is 0. The number of nitrogens with one attached hydrogen (secondary N) is 1. The van der Waals surface area contributed by atoms with Crippen LogP contribution in [-0.2, 0) is 10.5 Å². The lowest BCUT2D eigenvalue weighted by Gasteiger charge is -2.07. The van der Waals surface area contributed by atoms with Crippen LogP contribution in [0.2, 0.25) is 5.02 Å². The van der Waals surface area contributed by atoms with Crippen LogP contribution in [0, 0.1) is 6.92 Å². The molecule has 0 saturated carbocycles. The quantitative estimate of drug-likeness (QED) is 0.509. The van der Waals surface area contributed by atoms with Gasteiger partial charge in [-0.3, -0.25) is 4.79 Å². The minimum atomic E-state index is -0.0888. The molecule has 2 aromatic carbocycles. The highest BCUT2D eigenvalue weighted by molar-refractivity contribution is 8.03. The van der Waals surface area contributed by atoms with E-state index in [2.05, 4.69) is 27.6 Å². The lowest BCUT2D eigenvalue weighted by Crippen LogP contribution is -2.14. The third-order valence-electron chi connectivity index (χ3n) is 3.39. The predicted octanol–water partition coefficient (Wildman–Crippen LogP) is 5.52. The van der Waals surface area contributed by atoms with E-state index in [0.717, 1.165) is 25.7 Å². The number of hydrogen-bond acceptors (Lipinski definition) is 6. The van der Waals surface area contributed by atoms with Gasteiger partial charge in [-0.25, -0.2) is 0 Å². The number of rotatable bonds is 7. The van der Waals surface area contributed by atoms with Gasteiger partial charge in [-0.15, -0.1) is 10.2 Å². The second kappa shape index (κ2) is 9.41. The van der Waals surface area contributed by atoms with Crippen molar-refractivity contribution < 1.29 is 4.79 Å². The third kappa shape index (κ3) is 5.74. The molecule has 0 aliphatic rings. The molecule has 0 unspecified atom stereocenters. The number of aryl methyl sites for hydroxylation is 1. The summed E-state index contributed by atoms with van der Waals surface area (Å²) in [6.07, 6.45) is 0. The summed E-state index contributed by atoms with van der Waals surface area (Å²) in [4.78, 5) is 12.1. The van der Waals surface area contributed by atoms with Crippen molar-refractivity contribution in [3.05, 3.63) is 64.7 Å². The molecule has 8 heteroatoms. The molecule has 26 heavy (non-hydrogen) atoms. The minimum Gasteiger partial charge on any atom is -0.325 e. The molecule has 0 saturated heterocycles. The zero-order chi connectivity index (χ0) is 18.4. The van der Waals surface area contributed by atoms with Crippen LogP contribution >= 0.6 is 46.5 Å². The fourth-order valence-corrected chi connectivity index (χ4v) is 5.02. The first kappa shape index (κ1) is 19.2. The predicted molar refractivity (Wildman–Crippen MR) is 111 cm³/mol. The summed E-state index contributed by atoms with van der Waals surface area (Å²) in [5.74, 6) is 1.05. The van der Waals surface area contributed by atoms with Gasteiger partial charge in [-0.1, -0.05) is 82.9 Å². The highest BCUT2D eigenvalue weighted by Crippen LogP contribution is 2.30. The highest BCUT2D eigenvalue weighted by atomic mass is 35.5. The molecular weight excluding hydrogens is 406 g/mol. The van der Waals surface area contributed by atoms with Crippen molar-refractivity contribution in [3.8, 4) is 0 Å². The van der Waals surface area contributed by atoms with Crippen LogP contribution in [0.4, 0.5) is 5.69 Å². The van der Waals surface area contributed by atoms with E-state index in [0.29, 0.717) is 5.02 Å². The zero-order valence-electron chi connectivity index (χ0n) is 13.9. The highest BCUT2D eigenvalue weighted by Gasteiger charge is 2.10. The van der Waals surface area contributed by atoms with Crippen molar-refractivity contribution in [1.29, 1.82) is 0 Å². The average Bonchev–Trinajstić information content (AvgIpc) is 3.10. The number of benzene rings is 2. The van der Waals surface area contributed by atoms with Gasteiger partial charge >= 0.3 is 0 Å². The van der Waals surface area contributed by atoms with Crippen molar-refractivity contribution in [2.75, 3.05) is 11.1 Å². The number of aromatic nitrogens is 2. The molecule has 4 nitrogen and oxygen atoms in total. The molecule has 1 aromatic heterocycles. The molecule has 0 aliphatic carbocycles. The van der Waals surface area contributed by atoms with Crippen molar-refractivity contribution in [2.24, 2.45) is 0 Å². The molecule has 3 rings (SSSR count). The Morgan fingerprint density at radius 2 is 1.85 bits per heavy atom. The molecule has 0 atom stereocenters. The summed E-state index contributed by atoms with van der Waals surface area (Å²) >= 11 is 10.5. The monoisotopic (exact) mass is 421 g/mol. The molecule has 0 aliphatic heterocycles. The van der Waals surface area contributed by atoms with E-state index in [-0.39, 0.29) is 11.7 Å². The Hall–Kier alpha value is -1.54. The topological polar surface area (TPSA) is 54.9 Å². The average molecular weight is 422 g/mol. The normalized spacial score (nSPS) is 10.7. The first-order valence-corrected chi connectivity index (χ1v) is 11.0. The minimum absolute atomic E-state index is 0.0888. The van der Waals surface area contributed by atoms with Gasteiger partial charge in [-0.05, 0) is 30.2 Å². The van der Waals surface area contributed by atoms with Gasteiger partial charge in [0.15, 0.2) is 8.68 Å². The molecule has 134 valence electrons. The van der Waals surface area contributed by atoms with Crippen molar-refractivity contribution in [2.45, 2.75) is 21.4 Å². The van der Waals surface area contributed by atoms with Gasteiger partial charge < -0.3 is 5.32 Å². The van der Waals surface area contributed by atoms with E-state index >= 15 is 0 Å². The molecule has 1 N–H and O–H groups in total. The third-order valence-corrected chi connectivity index (χ3v) is 6.89. The van der Waals surface area contributed by atoms with Crippen LogP contribution < -0.4 is 5.32 Å². The molecule has 0 spiro atoms. The Balaban J connectivity index is 1.48. The maximum Gasteiger partial charge on any atom is 0.234 e. The van der Waals surface area contributed by atoms with E-state index < -0.39 is 0 Å². The van der Waals surface area contributed by atoms with Gasteiger partial charge in [0.25, 0.3) is 0 Å². The summed E-state index contributed by atoms with van der Waals surface area (Å²) in [5, 5.41) is 11.8. The van der Waals surface area contributed by atoms with Gasteiger partial charge in [0.2, 0.25) is 5.91 Å². The maximum atomic E-state index is 12.1. The largest absolute Gasteiger partial charge is 0.325 e. The fourth-order valence-electron chi connectivity index (χ4n) is 2.08. The Bertz CT molecular complexity index is 886. The number of halogens is 1. The summed E-state index contributed by atoms with van der Waals surface area (Å²) in [5.41, 5.74) is 2.96. The second-order valence-electron chi connectivity index (χ2n) is 5.40. The van der Waals surface area contributed by atoms with Gasteiger partial charge in [-0.2, -0.15) is 0 Å².